The lowest BCUT2D eigenvalue weighted by Gasteiger charge is -2.35. The minimum atomic E-state index is -0.506. The van der Waals surface area contributed by atoms with Crippen LogP contribution >= 0.6 is 0 Å². The van der Waals surface area contributed by atoms with Gasteiger partial charge in [0, 0.05) is 51.3 Å². The number of carbonyl (C=O) groups is 4. The van der Waals surface area contributed by atoms with Gasteiger partial charge in [-0.25, -0.2) is 9.59 Å². The maximum Gasteiger partial charge on any atom is 0.410 e. The molecule has 5 amide bonds. The van der Waals surface area contributed by atoms with E-state index >= 15 is 0 Å². The monoisotopic (exact) mass is 503 g/mol. The van der Waals surface area contributed by atoms with Crippen LogP contribution in [0.5, 0.6) is 5.75 Å². The standard InChI is InChI=1S/C25H37N5O6/c1-25(2,3)36-24(34)29-15-13-28(14-16-29)11-6-5-10-26-22(32)18-7-8-19(20(17-18)35-4)30-12-9-21(31)27-23(30)33/h7-8,17H,5-6,9-16H2,1-4H3,(H,26,32)(H,27,31,33). The van der Waals surface area contributed by atoms with Crippen molar-refractivity contribution in [1.29, 1.82) is 0 Å². The van der Waals surface area contributed by atoms with E-state index in [0.29, 0.717) is 36.6 Å². The fraction of sp³-hybridized carbons (Fsp3) is 0.600. The van der Waals surface area contributed by atoms with Crippen LogP contribution in [0.2, 0.25) is 0 Å². The number of carbonyl (C=O) groups excluding carboxylic acids is 4. The Morgan fingerprint density at radius 3 is 2.42 bits per heavy atom. The van der Waals surface area contributed by atoms with Gasteiger partial charge in [0.25, 0.3) is 5.91 Å². The number of nitrogens with one attached hydrogen (secondary N) is 2. The second-order valence-electron chi connectivity index (χ2n) is 9.91. The average Bonchev–Trinajstić information content (AvgIpc) is 2.83. The highest BCUT2D eigenvalue weighted by atomic mass is 16.6. The van der Waals surface area contributed by atoms with Gasteiger partial charge < -0.3 is 19.7 Å². The van der Waals surface area contributed by atoms with Crippen molar-refractivity contribution in [3.63, 3.8) is 0 Å². The van der Waals surface area contributed by atoms with Crippen molar-refractivity contribution < 1.29 is 28.7 Å². The molecule has 0 aliphatic carbocycles. The third-order valence-electron chi connectivity index (χ3n) is 6.00. The number of methoxy groups -OCH3 is 1. The highest BCUT2D eigenvalue weighted by Crippen LogP contribution is 2.30. The molecule has 11 nitrogen and oxygen atoms in total. The van der Waals surface area contributed by atoms with Crippen LogP contribution in [0.15, 0.2) is 18.2 Å². The number of urea groups is 1. The zero-order valence-electron chi connectivity index (χ0n) is 21.6. The van der Waals surface area contributed by atoms with Gasteiger partial charge in [0.1, 0.15) is 11.4 Å². The first-order chi connectivity index (χ1) is 17.1. The zero-order valence-corrected chi connectivity index (χ0v) is 21.6. The van der Waals surface area contributed by atoms with Crippen molar-refractivity contribution in [2.75, 3.05) is 57.8 Å². The number of rotatable bonds is 8. The Morgan fingerprint density at radius 2 is 1.78 bits per heavy atom. The maximum atomic E-state index is 12.6. The van der Waals surface area contributed by atoms with E-state index in [1.165, 1.54) is 12.0 Å². The van der Waals surface area contributed by atoms with Gasteiger partial charge in [-0.1, -0.05) is 0 Å². The molecule has 0 saturated carbocycles. The molecule has 0 aromatic heterocycles. The van der Waals surface area contributed by atoms with Gasteiger partial charge >= 0.3 is 12.1 Å². The zero-order chi connectivity index (χ0) is 26.3. The molecule has 1 aromatic rings. The molecule has 0 radical (unpaired) electrons. The Kier molecular flexibility index (Phi) is 9.14. The van der Waals surface area contributed by atoms with Gasteiger partial charge in [0.15, 0.2) is 0 Å². The smallest absolute Gasteiger partial charge is 0.410 e. The quantitative estimate of drug-likeness (QED) is 0.522. The first-order valence-corrected chi connectivity index (χ1v) is 12.4. The molecular weight excluding hydrogens is 466 g/mol. The van der Waals surface area contributed by atoms with Crippen LogP contribution in [0, 0.1) is 0 Å². The number of amides is 5. The van der Waals surface area contributed by atoms with Crippen LogP contribution in [-0.2, 0) is 9.53 Å². The van der Waals surface area contributed by atoms with E-state index < -0.39 is 11.6 Å². The van der Waals surface area contributed by atoms with Crippen LogP contribution in [0.1, 0.15) is 50.4 Å². The number of anilines is 1. The number of ether oxygens (including phenoxy) is 2. The summed E-state index contributed by atoms with van der Waals surface area (Å²) in [5, 5.41) is 5.21. The van der Waals surface area contributed by atoms with Crippen molar-refractivity contribution in [3.05, 3.63) is 23.8 Å². The molecular formula is C25H37N5O6. The predicted molar refractivity (Wildman–Crippen MR) is 134 cm³/mol. The summed E-state index contributed by atoms with van der Waals surface area (Å²) in [6.07, 6.45) is 1.70. The molecule has 3 rings (SSSR count). The van der Waals surface area contributed by atoms with Gasteiger partial charge in [0.2, 0.25) is 5.91 Å². The molecule has 2 aliphatic heterocycles. The van der Waals surface area contributed by atoms with E-state index in [9.17, 15) is 19.2 Å². The van der Waals surface area contributed by atoms with Gasteiger partial charge in [-0.2, -0.15) is 0 Å². The van der Waals surface area contributed by atoms with E-state index in [2.05, 4.69) is 15.5 Å². The van der Waals surface area contributed by atoms with Crippen molar-refractivity contribution >= 4 is 29.6 Å². The SMILES string of the molecule is COc1cc(C(=O)NCCCCN2CCN(C(=O)OC(C)(C)C)CC2)ccc1N1CCC(=O)NC1=O. The molecule has 0 bridgehead atoms. The van der Waals surface area contributed by atoms with Crippen molar-refractivity contribution in [2.24, 2.45) is 0 Å². The number of unbranched alkanes of at least 4 members (excludes halogenated alkanes) is 1. The van der Waals surface area contributed by atoms with Crippen molar-refractivity contribution in [2.45, 2.75) is 45.6 Å². The Hall–Kier alpha value is -3.34. The van der Waals surface area contributed by atoms with E-state index in [4.69, 9.17) is 9.47 Å². The summed E-state index contributed by atoms with van der Waals surface area (Å²) >= 11 is 0. The number of benzene rings is 1. The molecule has 1 aromatic carbocycles. The molecule has 2 N–H and O–H groups in total. The number of piperazine rings is 1. The van der Waals surface area contributed by atoms with Crippen LogP contribution in [0.3, 0.4) is 0 Å². The van der Waals surface area contributed by atoms with Gasteiger partial charge in [0.05, 0.1) is 12.8 Å². The summed E-state index contributed by atoms with van der Waals surface area (Å²) in [6, 6.07) is 4.38. The fourth-order valence-electron chi connectivity index (χ4n) is 4.08. The second-order valence-corrected chi connectivity index (χ2v) is 9.91. The first-order valence-electron chi connectivity index (χ1n) is 12.4. The van der Waals surface area contributed by atoms with Crippen LogP contribution < -0.4 is 20.3 Å². The first kappa shape index (κ1) is 27.3. The highest BCUT2D eigenvalue weighted by Gasteiger charge is 2.27. The molecule has 2 heterocycles. The number of imide groups is 1. The Labute approximate surface area is 212 Å². The molecule has 0 spiro atoms. The molecule has 2 saturated heterocycles. The van der Waals surface area contributed by atoms with Gasteiger partial charge in [-0.05, 0) is 58.4 Å². The molecule has 198 valence electrons. The highest BCUT2D eigenvalue weighted by molar-refractivity contribution is 6.06. The van der Waals surface area contributed by atoms with E-state index in [-0.39, 0.29) is 30.9 Å². The molecule has 36 heavy (non-hydrogen) atoms. The lowest BCUT2D eigenvalue weighted by Crippen LogP contribution is -2.50. The van der Waals surface area contributed by atoms with E-state index in [1.807, 2.05) is 20.8 Å². The van der Waals surface area contributed by atoms with Gasteiger partial charge in [-0.3, -0.25) is 24.7 Å². The van der Waals surface area contributed by atoms with Crippen LogP contribution in [-0.4, -0.2) is 92.3 Å². The van der Waals surface area contributed by atoms with E-state index in [1.54, 1.807) is 23.1 Å². The largest absolute Gasteiger partial charge is 0.495 e. The third kappa shape index (κ3) is 7.58. The lowest BCUT2D eigenvalue weighted by atomic mass is 10.1. The summed E-state index contributed by atoms with van der Waals surface area (Å²) in [5.41, 5.74) is 0.449. The number of hydrogen-bond acceptors (Lipinski definition) is 7. The second kappa shape index (κ2) is 12.1. The maximum absolute atomic E-state index is 12.6. The summed E-state index contributed by atoms with van der Waals surface area (Å²) in [7, 11) is 1.47. The summed E-state index contributed by atoms with van der Waals surface area (Å²) in [6.45, 7) is 10.2. The summed E-state index contributed by atoms with van der Waals surface area (Å²) < 4.78 is 10.8. The minimum Gasteiger partial charge on any atom is -0.495 e. The summed E-state index contributed by atoms with van der Waals surface area (Å²) in [5.74, 6) is -0.143. The fourth-order valence-corrected chi connectivity index (χ4v) is 4.08. The average molecular weight is 504 g/mol. The minimum absolute atomic E-state index is 0.205. The lowest BCUT2D eigenvalue weighted by molar-refractivity contribution is -0.120. The molecule has 0 atom stereocenters. The molecule has 11 heteroatoms. The van der Waals surface area contributed by atoms with Gasteiger partial charge in [-0.15, -0.1) is 0 Å². The molecule has 0 unspecified atom stereocenters. The van der Waals surface area contributed by atoms with Crippen molar-refractivity contribution in [1.82, 2.24) is 20.4 Å². The Morgan fingerprint density at radius 1 is 1.06 bits per heavy atom. The molecule has 2 aliphatic rings. The number of hydrogen-bond donors (Lipinski definition) is 2. The third-order valence-corrected chi connectivity index (χ3v) is 6.00. The van der Waals surface area contributed by atoms with E-state index in [0.717, 1.165) is 32.5 Å². The van der Waals surface area contributed by atoms with Crippen LogP contribution in [0.4, 0.5) is 15.3 Å². The Balaban J connectivity index is 1.38. The predicted octanol–water partition coefficient (Wildman–Crippen LogP) is 2.20. The number of nitrogens with zero attached hydrogens (tertiary/aromatic N) is 3. The van der Waals surface area contributed by atoms with Crippen molar-refractivity contribution in [3.8, 4) is 5.75 Å². The Bertz CT molecular complexity index is 968. The topological polar surface area (TPSA) is 121 Å². The van der Waals surface area contributed by atoms with Crippen LogP contribution in [0.25, 0.3) is 0 Å². The summed E-state index contributed by atoms with van der Waals surface area (Å²) in [4.78, 5) is 53.8. The normalized spacial score (nSPS) is 17.0. The molecule has 2 fully saturated rings.